The summed E-state index contributed by atoms with van der Waals surface area (Å²) < 4.78 is 7.06. The molecule has 2 heterocycles. The van der Waals surface area contributed by atoms with Gasteiger partial charge < -0.3 is 10.5 Å². The monoisotopic (exact) mass is 264 g/mol. The van der Waals surface area contributed by atoms with Crippen LogP contribution in [0.25, 0.3) is 16.9 Å². The van der Waals surface area contributed by atoms with E-state index in [0.29, 0.717) is 28.5 Å². The van der Waals surface area contributed by atoms with Crippen molar-refractivity contribution in [3.63, 3.8) is 0 Å². The molecule has 0 bridgehead atoms. The predicted molar refractivity (Wildman–Crippen MR) is 76.3 cm³/mol. The third kappa shape index (κ3) is 1.75. The summed E-state index contributed by atoms with van der Waals surface area (Å²) in [5.74, 6) is 1.18. The number of ether oxygens (including phenoxy) is 1. The quantitative estimate of drug-likeness (QED) is 0.771. The number of fused-ring (bicyclic) bond motifs is 1. The van der Waals surface area contributed by atoms with E-state index >= 15 is 0 Å². The van der Waals surface area contributed by atoms with Crippen molar-refractivity contribution in [2.45, 2.75) is 0 Å². The number of rotatable bonds is 2. The van der Waals surface area contributed by atoms with E-state index in [4.69, 9.17) is 15.7 Å². The summed E-state index contributed by atoms with van der Waals surface area (Å²) in [6.07, 6.45) is 1.83. The van der Waals surface area contributed by atoms with E-state index in [1.807, 2.05) is 30.5 Å². The maximum Gasteiger partial charge on any atom is 0.181 e. The lowest BCUT2D eigenvalue weighted by molar-refractivity contribution is 0.417. The molecule has 20 heavy (non-hydrogen) atoms. The average molecular weight is 264 g/mol. The molecule has 0 spiro atoms. The molecule has 0 saturated heterocycles. The molecule has 0 saturated carbocycles. The van der Waals surface area contributed by atoms with Crippen LogP contribution in [-0.4, -0.2) is 16.5 Å². The maximum atomic E-state index is 8.97. The first kappa shape index (κ1) is 12.1. The van der Waals surface area contributed by atoms with Crippen LogP contribution in [0.3, 0.4) is 0 Å². The number of nitriles is 1. The Kier molecular flexibility index (Phi) is 2.77. The molecular weight excluding hydrogens is 252 g/mol. The SMILES string of the molecule is COc1cccn2c(N)c(-c3cccc(C#N)c3)nc12. The second kappa shape index (κ2) is 4.59. The van der Waals surface area contributed by atoms with Gasteiger partial charge in [-0.3, -0.25) is 4.40 Å². The van der Waals surface area contributed by atoms with Gasteiger partial charge >= 0.3 is 0 Å². The first-order valence-corrected chi connectivity index (χ1v) is 6.05. The predicted octanol–water partition coefficient (Wildman–Crippen LogP) is 2.46. The summed E-state index contributed by atoms with van der Waals surface area (Å²) in [5.41, 5.74) is 8.84. The highest BCUT2D eigenvalue weighted by Crippen LogP contribution is 2.30. The standard InChI is InChI=1S/C15H12N4O/c1-20-12-6-3-7-19-14(17)13(18-15(12)19)11-5-2-4-10(8-11)9-16/h2-8H,17H2,1H3. The summed E-state index contributed by atoms with van der Waals surface area (Å²) in [4.78, 5) is 4.53. The van der Waals surface area contributed by atoms with Gasteiger partial charge in [0.15, 0.2) is 11.4 Å². The molecule has 0 radical (unpaired) electrons. The van der Waals surface area contributed by atoms with Crippen LogP contribution in [0.15, 0.2) is 42.6 Å². The molecule has 0 atom stereocenters. The minimum atomic E-state index is 0.522. The summed E-state index contributed by atoms with van der Waals surface area (Å²) in [6.45, 7) is 0. The van der Waals surface area contributed by atoms with Gasteiger partial charge in [-0.05, 0) is 24.3 Å². The number of nitrogens with two attached hydrogens (primary N) is 1. The van der Waals surface area contributed by atoms with Crippen LogP contribution >= 0.6 is 0 Å². The molecular formula is C15H12N4O. The second-order valence-corrected chi connectivity index (χ2v) is 4.31. The number of anilines is 1. The number of benzene rings is 1. The van der Waals surface area contributed by atoms with Gasteiger partial charge in [0.05, 0.1) is 18.7 Å². The fourth-order valence-electron chi connectivity index (χ4n) is 2.17. The number of pyridine rings is 1. The number of nitrogen functional groups attached to an aromatic ring is 1. The number of aromatic nitrogens is 2. The van der Waals surface area contributed by atoms with Crippen LogP contribution in [0.5, 0.6) is 5.75 Å². The first-order chi connectivity index (χ1) is 9.74. The largest absolute Gasteiger partial charge is 0.493 e. The van der Waals surface area contributed by atoms with Crippen molar-refractivity contribution in [1.82, 2.24) is 9.38 Å². The van der Waals surface area contributed by atoms with Crippen molar-refractivity contribution in [3.8, 4) is 23.1 Å². The van der Waals surface area contributed by atoms with E-state index in [9.17, 15) is 0 Å². The Hall–Kier alpha value is -3.00. The molecule has 5 nitrogen and oxygen atoms in total. The molecule has 3 rings (SSSR count). The molecule has 1 aromatic carbocycles. The number of methoxy groups -OCH3 is 1. The fourth-order valence-corrected chi connectivity index (χ4v) is 2.17. The maximum absolute atomic E-state index is 8.97. The number of hydrogen-bond donors (Lipinski definition) is 1. The highest BCUT2D eigenvalue weighted by Gasteiger charge is 2.14. The number of hydrogen-bond acceptors (Lipinski definition) is 4. The Bertz CT molecular complexity index is 829. The van der Waals surface area contributed by atoms with Gasteiger partial charge in [-0.15, -0.1) is 0 Å². The van der Waals surface area contributed by atoms with E-state index in [0.717, 1.165) is 5.56 Å². The highest BCUT2D eigenvalue weighted by molar-refractivity contribution is 5.77. The molecule has 2 aromatic heterocycles. The lowest BCUT2D eigenvalue weighted by atomic mass is 10.1. The fraction of sp³-hybridized carbons (Fsp3) is 0.0667. The van der Waals surface area contributed by atoms with Crippen molar-refractivity contribution in [2.75, 3.05) is 12.8 Å². The molecule has 2 N–H and O–H groups in total. The third-order valence-corrected chi connectivity index (χ3v) is 3.14. The zero-order valence-corrected chi connectivity index (χ0v) is 10.9. The first-order valence-electron chi connectivity index (χ1n) is 6.05. The Morgan fingerprint density at radius 2 is 2.15 bits per heavy atom. The van der Waals surface area contributed by atoms with Crippen LogP contribution in [0, 0.1) is 11.3 Å². The Morgan fingerprint density at radius 1 is 1.30 bits per heavy atom. The summed E-state index contributed by atoms with van der Waals surface area (Å²) in [7, 11) is 1.59. The van der Waals surface area contributed by atoms with E-state index in [1.54, 1.807) is 23.6 Å². The third-order valence-electron chi connectivity index (χ3n) is 3.14. The summed E-state index contributed by atoms with van der Waals surface area (Å²) in [5, 5.41) is 8.97. The van der Waals surface area contributed by atoms with E-state index in [2.05, 4.69) is 11.1 Å². The van der Waals surface area contributed by atoms with Crippen LogP contribution in [0.1, 0.15) is 5.56 Å². The molecule has 0 fully saturated rings. The minimum Gasteiger partial charge on any atom is -0.493 e. The highest BCUT2D eigenvalue weighted by atomic mass is 16.5. The molecule has 0 aliphatic rings. The lowest BCUT2D eigenvalue weighted by Crippen LogP contribution is -1.95. The lowest BCUT2D eigenvalue weighted by Gasteiger charge is -2.01. The zero-order valence-electron chi connectivity index (χ0n) is 10.9. The van der Waals surface area contributed by atoms with Gasteiger partial charge in [-0.1, -0.05) is 12.1 Å². The Labute approximate surface area is 115 Å². The van der Waals surface area contributed by atoms with Gasteiger partial charge in [0.2, 0.25) is 0 Å². The van der Waals surface area contributed by atoms with Crippen LogP contribution in [0.2, 0.25) is 0 Å². The topological polar surface area (TPSA) is 76.3 Å². The summed E-state index contributed by atoms with van der Waals surface area (Å²) in [6, 6.07) is 13.0. The minimum absolute atomic E-state index is 0.522. The second-order valence-electron chi connectivity index (χ2n) is 4.31. The smallest absolute Gasteiger partial charge is 0.181 e. The van der Waals surface area contributed by atoms with E-state index in [1.165, 1.54) is 0 Å². The zero-order chi connectivity index (χ0) is 14.1. The number of imidazole rings is 1. The van der Waals surface area contributed by atoms with Crippen molar-refractivity contribution in [3.05, 3.63) is 48.2 Å². The van der Waals surface area contributed by atoms with Crippen molar-refractivity contribution < 1.29 is 4.74 Å². The molecule has 0 aliphatic carbocycles. The van der Waals surface area contributed by atoms with Gasteiger partial charge in [-0.2, -0.15) is 5.26 Å². The summed E-state index contributed by atoms with van der Waals surface area (Å²) >= 11 is 0. The molecule has 5 heteroatoms. The van der Waals surface area contributed by atoms with E-state index < -0.39 is 0 Å². The van der Waals surface area contributed by atoms with Gasteiger partial charge in [0.1, 0.15) is 11.5 Å². The van der Waals surface area contributed by atoms with Gasteiger partial charge in [-0.25, -0.2) is 4.98 Å². The van der Waals surface area contributed by atoms with Crippen molar-refractivity contribution in [2.24, 2.45) is 0 Å². The van der Waals surface area contributed by atoms with Crippen molar-refractivity contribution in [1.29, 1.82) is 5.26 Å². The van der Waals surface area contributed by atoms with Crippen LogP contribution in [0.4, 0.5) is 5.82 Å². The Morgan fingerprint density at radius 3 is 2.90 bits per heavy atom. The normalized spacial score (nSPS) is 10.4. The molecule has 0 unspecified atom stereocenters. The molecule has 3 aromatic rings. The average Bonchev–Trinajstić information content (AvgIpc) is 2.84. The van der Waals surface area contributed by atoms with Crippen LogP contribution < -0.4 is 10.5 Å². The van der Waals surface area contributed by atoms with Gasteiger partial charge in [0, 0.05) is 11.8 Å². The van der Waals surface area contributed by atoms with E-state index in [-0.39, 0.29) is 0 Å². The molecule has 0 amide bonds. The van der Waals surface area contributed by atoms with Crippen molar-refractivity contribution >= 4 is 11.5 Å². The Balaban J connectivity index is 2.27. The molecule has 0 aliphatic heterocycles. The van der Waals surface area contributed by atoms with Crippen LogP contribution in [-0.2, 0) is 0 Å². The number of nitrogens with zero attached hydrogens (tertiary/aromatic N) is 3. The van der Waals surface area contributed by atoms with Gasteiger partial charge in [0.25, 0.3) is 0 Å². The molecule has 98 valence electrons.